The molecule has 0 radical (unpaired) electrons. The van der Waals surface area contributed by atoms with E-state index in [9.17, 15) is 18.5 Å². The van der Waals surface area contributed by atoms with Crippen LogP contribution in [0.1, 0.15) is 5.56 Å². The molecule has 10 heteroatoms. The van der Waals surface area contributed by atoms with E-state index in [1.54, 1.807) is 36.4 Å². The summed E-state index contributed by atoms with van der Waals surface area (Å²) in [4.78, 5) is 10.8. The Morgan fingerprint density at radius 1 is 0.970 bits per heavy atom. The number of ether oxygens (including phenoxy) is 2. The Bertz CT molecular complexity index is 1310. The molecule has 1 fully saturated rings. The minimum atomic E-state index is -3.88. The van der Waals surface area contributed by atoms with Gasteiger partial charge in [-0.3, -0.25) is 10.1 Å². The van der Waals surface area contributed by atoms with Gasteiger partial charge < -0.3 is 9.47 Å². The molecule has 0 saturated carbocycles. The highest BCUT2D eigenvalue weighted by Crippen LogP contribution is 2.35. The summed E-state index contributed by atoms with van der Waals surface area (Å²) in [5.41, 5.74) is 1.91. The first-order chi connectivity index (χ1) is 15.9. The van der Waals surface area contributed by atoms with E-state index in [4.69, 9.17) is 14.7 Å². The summed E-state index contributed by atoms with van der Waals surface area (Å²) in [6.45, 7) is 0.946. The molecule has 0 aromatic heterocycles. The third-order valence-corrected chi connectivity index (χ3v) is 7.06. The number of benzene rings is 3. The SMILES string of the molecule is N#Cc1ccc(-c2ccc(Oc3ccc(S(=O)(=O)N4CCOCC4)cc3[N+](=O)[O-])cc2)cc1. The number of nitro groups is 1. The number of nitriles is 1. The minimum Gasteiger partial charge on any atom is -0.450 e. The van der Waals surface area contributed by atoms with Crippen LogP contribution in [0.3, 0.4) is 0 Å². The van der Waals surface area contributed by atoms with E-state index in [1.165, 1.54) is 16.4 Å². The van der Waals surface area contributed by atoms with Crippen LogP contribution >= 0.6 is 0 Å². The van der Waals surface area contributed by atoms with Crippen molar-refractivity contribution in [2.45, 2.75) is 4.90 Å². The third-order valence-electron chi connectivity index (χ3n) is 5.16. The van der Waals surface area contributed by atoms with Gasteiger partial charge in [-0.1, -0.05) is 24.3 Å². The van der Waals surface area contributed by atoms with Crippen molar-refractivity contribution in [3.8, 4) is 28.7 Å². The fourth-order valence-corrected chi connectivity index (χ4v) is 4.83. The molecule has 0 spiro atoms. The van der Waals surface area contributed by atoms with Crippen LogP contribution in [0.4, 0.5) is 5.69 Å². The van der Waals surface area contributed by atoms with Crippen molar-refractivity contribution in [1.29, 1.82) is 5.26 Å². The van der Waals surface area contributed by atoms with Gasteiger partial charge in [0.25, 0.3) is 0 Å². The molecule has 4 rings (SSSR count). The van der Waals surface area contributed by atoms with Crippen molar-refractivity contribution in [2.75, 3.05) is 26.3 Å². The van der Waals surface area contributed by atoms with Gasteiger partial charge in [-0.05, 0) is 47.5 Å². The van der Waals surface area contributed by atoms with Gasteiger partial charge >= 0.3 is 5.69 Å². The Kier molecular flexibility index (Phi) is 6.37. The van der Waals surface area contributed by atoms with Crippen molar-refractivity contribution in [1.82, 2.24) is 4.31 Å². The summed E-state index contributed by atoms with van der Waals surface area (Å²) in [6.07, 6.45) is 0. The zero-order valence-corrected chi connectivity index (χ0v) is 18.2. The van der Waals surface area contributed by atoms with Crippen LogP contribution in [0, 0.1) is 21.4 Å². The Labute approximate surface area is 190 Å². The molecule has 3 aromatic carbocycles. The second-order valence-electron chi connectivity index (χ2n) is 7.22. The number of hydrogen-bond acceptors (Lipinski definition) is 7. The van der Waals surface area contributed by atoms with Crippen molar-refractivity contribution in [3.05, 3.63) is 82.4 Å². The molecule has 1 heterocycles. The zero-order chi connectivity index (χ0) is 23.4. The average Bonchev–Trinajstić information content (AvgIpc) is 2.85. The average molecular weight is 465 g/mol. The predicted molar refractivity (Wildman–Crippen MR) is 119 cm³/mol. The number of nitrogens with zero attached hydrogens (tertiary/aromatic N) is 3. The molecule has 0 N–H and O–H groups in total. The van der Waals surface area contributed by atoms with E-state index in [1.807, 2.05) is 12.1 Å². The highest BCUT2D eigenvalue weighted by molar-refractivity contribution is 7.89. The first-order valence-electron chi connectivity index (χ1n) is 10.0. The van der Waals surface area contributed by atoms with Gasteiger partial charge in [0.05, 0.1) is 34.7 Å². The molecule has 168 valence electrons. The Hall–Kier alpha value is -3.78. The quantitative estimate of drug-likeness (QED) is 0.399. The van der Waals surface area contributed by atoms with Crippen LogP contribution in [0.5, 0.6) is 11.5 Å². The second kappa shape index (κ2) is 9.38. The van der Waals surface area contributed by atoms with Crippen molar-refractivity contribution in [3.63, 3.8) is 0 Å². The van der Waals surface area contributed by atoms with E-state index in [0.29, 0.717) is 11.3 Å². The monoisotopic (exact) mass is 465 g/mol. The van der Waals surface area contributed by atoms with Crippen LogP contribution in [-0.4, -0.2) is 43.9 Å². The maximum absolute atomic E-state index is 12.8. The van der Waals surface area contributed by atoms with Crippen molar-refractivity contribution in [2.24, 2.45) is 0 Å². The fourth-order valence-electron chi connectivity index (χ4n) is 3.40. The van der Waals surface area contributed by atoms with Crippen molar-refractivity contribution < 1.29 is 22.8 Å². The van der Waals surface area contributed by atoms with Crippen LogP contribution in [0.2, 0.25) is 0 Å². The van der Waals surface area contributed by atoms with E-state index in [-0.39, 0.29) is 36.9 Å². The lowest BCUT2D eigenvalue weighted by Gasteiger charge is -2.26. The normalized spacial score (nSPS) is 14.4. The molecular weight excluding hydrogens is 446 g/mol. The van der Waals surface area contributed by atoms with Crippen LogP contribution in [0.25, 0.3) is 11.1 Å². The second-order valence-corrected chi connectivity index (χ2v) is 9.16. The summed E-state index contributed by atoms with van der Waals surface area (Å²) in [7, 11) is -3.88. The Balaban J connectivity index is 1.57. The van der Waals surface area contributed by atoms with Gasteiger partial charge in [0.1, 0.15) is 5.75 Å². The summed E-state index contributed by atoms with van der Waals surface area (Å²) in [5, 5.41) is 20.5. The number of rotatable bonds is 6. The molecule has 1 saturated heterocycles. The molecule has 0 amide bonds. The van der Waals surface area contributed by atoms with Gasteiger partial charge in [-0.2, -0.15) is 9.57 Å². The molecule has 0 unspecified atom stereocenters. The molecule has 9 nitrogen and oxygen atoms in total. The summed E-state index contributed by atoms with van der Waals surface area (Å²) >= 11 is 0. The minimum absolute atomic E-state index is 0.0629. The molecule has 1 aliphatic rings. The molecule has 0 aliphatic carbocycles. The zero-order valence-electron chi connectivity index (χ0n) is 17.4. The van der Waals surface area contributed by atoms with Gasteiger partial charge in [0, 0.05) is 19.2 Å². The Morgan fingerprint density at radius 3 is 2.15 bits per heavy atom. The molecule has 0 bridgehead atoms. The highest BCUT2D eigenvalue weighted by Gasteiger charge is 2.29. The summed E-state index contributed by atoms with van der Waals surface area (Å²) < 4.78 is 37.8. The van der Waals surface area contributed by atoms with Crippen LogP contribution in [-0.2, 0) is 14.8 Å². The summed E-state index contributed by atoms with van der Waals surface area (Å²) in [6, 6.07) is 19.7. The molecule has 0 atom stereocenters. The van der Waals surface area contributed by atoms with Gasteiger partial charge in [0.15, 0.2) is 0 Å². The molecular formula is C23H19N3O6S. The van der Waals surface area contributed by atoms with E-state index in [2.05, 4.69) is 6.07 Å². The van der Waals surface area contributed by atoms with Gasteiger partial charge in [0.2, 0.25) is 15.8 Å². The topological polar surface area (TPSA) is 123 Å². The lowest BCUT2D eigenvalue weighted by Crippen LogP contribution is -2.40. The predicted octanol–water partition coefficient (Wildman–Crippen LogP) is 3.95. The third kappa shape index (κ3) is 4.85. The number of sulfonamides is 1. The molecule has 3 aromatic rings. The lowest BCUT2D eigenvalue weighted by molar-refractivity contribution is -0.385. The molecule has 1 aliphatic heterocycles. The number of hydrogen-bond donors (Lipinski definition) is 0. The first kappa shape index (κ1) is 22.4. The van der Waals surface area contributed by atoms with Crippen molar-refractivity contribution >= 4 is 15.7 Å². The van der Waals surface area contributed by atoms with Crippen LogP contribution in [0.15, 0.2) is 71.6 Å². The summed E-state index contributed by atoms with van der Waals surface area (Å²) in [5.74, 6) is 0.298. The van der Waals surface area contributed by atoms with E-state index >= 15 is 0 Å². The first-order valence-corrected chi connectivity index (χ1v) is 11.5. The lowest BCUT2D eigenvalue weighted by atomic mass is 10.0. The van der Waals surface area contributed by atoms with Gasteiger partial charge in [-0.15, -0.1) is 0 Å². The van der Waals surface area contributed by atoms with E-state index in [0.717, 1.165) is 17.2 Å². The number of morpholine rings is 1. The molecule has 33 heavy (non-hydrogen) atoms. The maximum atomic E-state index is 12.8. The van der Waals surface area contributed by atoms with Crippen LogP contribution < -0.4 is 4.74 Å². The van der Waals surface area contributed by atoms with Gasteiger partial charge in [-0.25, -0.2) is 8.42 Å². The smallest absolute Gasteiger partial charge is 0.312 e. The maximum Gasteiger partial charge on any atom is 0.312 e. The number of nitro benzene ring substituents is 1. The largest absolute Gasteiger partial charge is 0.450 e. The van der Waals surface area contributed by atoms with E-state index < -0.39 is 20.6 Å². The fraction of sp³-hybridized carbons (Fsp3) is 0.174. The Morgan fingerprint density at radius 2 is 1.58 bits per heavy atom. The highest BCUT2D eigenvalue weighted by atomic mass is 32.2. The standard InChI is InChI=1S/C23H19N3O6S/c24-16-17-1-3-18(4-2-17)19-5-7-20(8-6-19)32-23-10-9-21(15-22(23)26(27)28)33(29,30)25-11-13-31-14-12-25/h1-10,15H,11-14H2.